The number of halogens is 4. The molecule has 2 aliphatic heterocycles. The number of benzene rings is 1. The van der Waals surface area contributed by atoms with Gasteiger partial charge >= 0.3 is 0 Å². The molecule has 0 radical (unpaired) electrons. The minimum atomic E-state index is -3.27. The number of amides is 2. The summed E-state index contributed by atoms with van der Waals surface area (Å²) < 4.78 is 60.4. The fourth-order valence-electron chi connectivity index (χ4n) is 3.55. The Hall–Kier alpha value is -3.44. The van der Waals surface area contributed by atoms with E-state index in [0.29, 0.717) is 0 Å². The number of hydrogen-bond donors (Lipinski definition) is 1. The quantitative estimate of drug-likeness (QED) is 0.693. The highest BCUT2D eigenvalue weighted by molar-refractivity contribution is 5.97. The van der Waals surface area contributed by atoms with Crippen molar-refractivity contribution in [1.29, 1.82) is 0 Å². The lowest BCUT2D eigenvalue weighted by Crippen LogP contribution is -2.55. The first kappa shape index (κ1) is 21.8. The van der Waals surface area contributed by atoms with Crippen molar-refractivity contribution >= 4 is 17.6 Å². The topological polar surface area (TPSA) is 87.7 Å². The Morgan fingerprint density at radius 1 is 1.12 bits per heavy atom. The predicted octanol–water partition coefficient (Wildman–Crippen LogP) is 1.62. The standard InChI is InChI=1S/C20H19F4N5O3/c1-11(30)29-9-16(20(23,24)10-29)27-19(31)17-18(26-5-4-25-17)28-7-13(8-28)32-12-2-3-14(21)15(22)6-12/h2-6,13,16H,7-10H2,1H3,(H,27,31)/t16-/m0/s1. The fourth-order valence-corrected chi connectivity index (χ4v) is 3.55. The maximum Gasteiger partial charge on any atom is 0.286 e. The molecule has 8 nitrogen and oxygen atoms in total. The van der Waals surface area contributed by atoms with Crippen molar-refractivity contribution in [2.45, 2.75) is 25.0 Å². The molecule has 0 saturated carbocycles. The second-order valence-electron chi connectivity index (χ2n) is 7.64. The monoisotopic (exact) mass is 453 g/mol. The van der Waals surface area contributed by atoms with Crippen LogP contribution in [0, 0.1) is 11.6 Å². The van der Waals surface area contributed by atoms with Crippen LogP contribution < -0.4 is 15.0 Å². The molecule has 2 amide bonds. The summed E-state index contributed by atoms with van der Waals surface area (Å²) in [5.74, 6) is -6.30. The molecule has 2 saturated heterocycles. The van der Waals surface area contributed by atoms with Gasteiger partial charge in [0.2, 0.25) is 5.91 Å². The van der Waals surface area contributed by atoms with Crippen molar-refractivity contribution in [3.8, 4) is 5.75 Å². The first-order chi connectivity index (χ1) is 15.1. The number of rotatable bonds is 5. The highest BCUT2D eigenvalue weighted by atomic mass is 19.3. The SMILES string of the molecule is CC(=O)N1C[C@H](NC(=O)c2nccnc2N2CC(Oc3ccc(F)c(F)c3)C2)C(F)(F)C1. The van der Waals surface area contributed by atoms with Crippen LogP contribution >= 0.6 is 0 Å². The van der Waals surface area contributed by atoms with Gasteiger partial charge in [0.1, 0.15) is 17.9 Å². The normalized spacial score (nSPS) is 20.1. The Kier molecular flexibility index (Phi) is 5.61. The van der Waals surface area contributed by atoms with Gasteiger partial charge in [-0.2, -0.15) is 0 Å². The fraction of sp³-hybridized carbons (Fsp3) is 0.400. The molecule has 0 spiro atoms. The highest BCUT2D eigenvalue weighted by Gasteiger charge is 2.50. The van der Waals surface area contributed by atoms with Crippen LogP contribution in [0.1, 0.15) is 17.4 Å². The average Bonchev–Trinajstić information content (AvgIpc) is 3.01. The van der Waals surface area contributed by atoms with Crippen LogP contribution in [-0.2, 0) is 4.79 Å². The van der Waals surface area contributed by atoms with Crippen molar-refractivity contribution in [1.82, 2.24) is 20.2 Å². The van der Waals surface area contributed by atoms with Crippen molar-refractivity contribution in [3.63, 3.8) is 0 Å². The van der Waals surface area contributed by atoms with E-state index in [2.05, 4.69) is 15.3 Å². The van der Waals surface area contributed by atoms with Gasteiger partial charge in [0.15, 0.2) is 23.1 Å². The summed E-state index contributed by atoms with van der Waals surface area (Å²) in [6.45, 7) is 0.655. The third-order valence-electron chi connectivity index (χ3n) is 5.30. The number of ether oxygens (including phenoxy) is 1. The number of carbonyl (C=O) groups is 2. The number of anilines is 1. The molecule has 0 aliphatic carbocycles. The first-order valence-electron chi connectivity index (χ1n) is 9.76. The van der Waals surface area contributed by atoms with Gasteiger partial charge < -0.3 is 19.9 Å². The van der Waals surface area contributed by atoms with Gasteiger partial charge in [0.25, 0.3) is 11.8 Å². The summed E-state index contributed by atoms with van der Waals surface area (Å²) in [6, 6.07) is 1.65. The lowest BCUT2D eigenvalue weighted by molar-refractivity contribution is -0.129. The van der Waals surface area contributed by atoms with Crippen molar-refractivity contribution < 1.29 is 31.9 Å². The molecule has 2 fully saturated rings. The molecular weight excluding hydrogens is 434 g/mol. The van der Waals surface area contributed by atoms with E-state index >= 15 is 0 Å². The number of nitrogens with zero attached hydrogens (tertiary/aromatic N) is 4. The number of aromatic nitrogens is 2. The number of nitrogens with one attached hydrogen (secondary N) is 1. The van der Waals surface area contributed by atoms with E-state index in [9.17, 15) is 27.2 Å². The van der Waals surface area contributed by atoms with E-state index in [1.165, 1.54) is 25.4 Å². The summed E-state index contributed by atoms with van der Waals surface area (Å²) in [5.41, 5.74) is -0.143. The van der Waals surface area contributed by atoms with Crippen molar-refractivity contribution in [2.24, 2.45) is 0 Å². The molecular formula is C20H19F4N5O3. The molecule has 2 aromatic rings. The van der Waals surface area contributed by atoms with E-state index in [0.717, 1.165) is 17.0 Å². The highest BCUT2D eigenvalue weighted by Crippen LogP contribution is 2.29. The Balaban J connectivity index is 1.41. The van der Waals surface area contributed by atoms with Gasteiger partial charge in [-0.05, 0) is 12.1 Å². The van der Waals surface area contributed by atoms with E-state index in [1.807, 2.05) is 0 Å². The zero-order chi connectivity index (χ0) is 23.0. The van der Waals surface area contributed by atoms with Gasteiger partial charge in [-0.3, -0.25) is 9.59 Å². The molecule has 12 heteroatoms. The third-order valence-corrected chi connectivity index (χ3v) is 5.30. The predicted molar refractivity (Wildman–Crippen MR) is 103 cm³/mol. The molecule has 1 atom stereocenters. The lowest BCUT2D eigenvalue weighted by Gasteiger charge is -2.40. The molecule has 0 bridgehead atoms. The average molecular weight is 453 g/mol. The molecule has 1 aromatic carbocycles. The second-order valence-corrected chi connectivity index (χ2v) is 7.64. The minimum absolute atomic E-state index is 0.143. The van der Waals surface area contributed by atoms with Gasteiger partial charge in [0.05, 0.1) is 19.6 Å². The summed E-state index contributed by atoms with van der Waals surface area (Å²) >= 11 is 0. The van der Waals surface area contributed by atoms with Gasteiger partial charge in [-0.25, -0.2) is 27.5 Å². The van der Waals surface area contributed by atoms with E-state index in [-0.39, 0.29) is 43.0 Å². The maximum atomic E-state index is 14.2. The molecule has 2 aliphatic rings. The Bertz CT molecular complexity index is 1050. The van der Waals surface area contributed by atoms with E-state index in [4.69, 9.17) is 4.74 Å². The maximum absolute atomic E-state index is 14.2. The molecule has 1 aromatic heterocycles. The van der Waals surface area contributed by atoms with Gasteiger partial charge in [-0.15, -0.1) is 0 Å². The van der Waals surface area contributed by atoms with Crippen LogP contribution in [-0.4, -0.2) is 70.9 Å². The second kappa shape index (κ2) is 8.24. The summed E-state index contributed by atoms with van der Waals surface area (Å²) in [7, 11) is 0. The number of alkyl halides is 2. The van der Waals surface area contributed by atoms with Crippen LogP contribution in [0.25, 0.3) is 0 Å². The largest absolute Gasteiger partial charge is 0.487 e. The van der Waals surface area contributed by atoms with Crippen molar-refractivity contribution in [2.75, 3.05) is 31.1 Å². The zero-order valence-electron chi connectivity index (χ0n) is 16.9. The van der Waals surface area contributed by atoms with Crippen LogP contribution in [0.3, 0.4) is 0 Å². The first-order valence-corrected chi connectivity index (χ1v) is 9.76. The minimum Gasteiger partial charge on any atom is -0.487 e. The zero-order valence-corrected chi connectivity index (χ0v) is 16.9. The Morgan fingerprint density at radius 3 is 2.50 bits per heavy atom. The van der Waals surface area contributed by atoms with E-state index in [1.54, 1.807) is 4.90 Å². The third kappa shape index (κ3) is 4.30. The molecule has 4 rings (SSSR count). The number of carbonyl (C=O) groups excluding carboxylic acids is 2. The molecule has 32 heavy (non-hydrogen) atoms. The van der Waals surface area contributed by atoms with Crippen LogP contribution in [0.15, 0.2) is 30.6 Å². The molecule has 3 heterocycles. The number of hydrogen-bond acceptors (Lipinski definition) is 6. The molecule has 0 unspecified atom stereocenters. The van der Waals surface area contributed by atoms with Gasteiger partial charge in [0, 0.05) is 31.9 Å². The summed E-state index contributed by atoms with van der Waals surface area (Å²) in [6.07, 6.45) is 2.25. The lowest BCUT2D eigenvalue weighted by atomic mass is 10.1. The van der Waals surface area contributed by atoms with E-state index < -0.39 is 42.0 Å². The smallest absolute Gasteiger partial charge is 0.286 e. The van der Waals surface area contributed by atoms with Crippen molar-refractivity contribution in [3.05, 3.63) is 47.9 Å². The summed E-state index contributed by atoms with van der Waals surface area (Å²) in [4.78, 5) is 34.8. The Morgan fingerprint density at radius 2 is 1.84 bits per heavy atom. The molecule has 170 valence electrons. The van der Waals surface area contributed by atoms with Crippen LogP contribution in [0.2, 0.25) is 0 Å². The molecule has 1 N–H and O–H groups in total. The van der Waals surface area contributed by atoms with Crippen LogP contribution in [0.5, 0.6) is 5.75 Å². The summed E-state index contributed by atoms with van der Waals surface area (Å²) in [5, 5.41) is 2.26. The van der Waals surface area contributed by atoms with Crippen LogP contribution in [0.4, 0.5) is 23.4 Å². The number of likely N-dealkylation sites (tertiary alicyclic amines) is 1. The Labute approximate surface area is 180 Å². The van der Waals surface area contributed by atoms with Gasteiger partial charge in [-0.1, -0.05) is 0 Å².